The Morgan fingerprint density at radius 3 is 1.98 bits per heavy atom. The first-order valence-corrected chi connectivity index (χ1v) is 22.2. The molecule has 0 saturated heterocycles. The van der Waals surface area contributed by atoms with Gasteiger partial charge in [-0.25, -0.2) is 20.6 Å². The zero-order valence-corrected chi connectivity index (χ0v) is 38.9. The first kappa shape index (κ1) is 55.1. The maximum absolute atomic E-state index is 13.5. The van der Waals surface area contributed by atoms with Crippen LogP contribution in [0.25, 0.3) is 21.9 Å². The molecule has 3 rings (SSSR count). The lowest BCUT2D eigenvalue weighted by Gasteiger charge is -2.27. The minimum Gasteiger partial charge on any atom is -0.442 e. The van der Waals surface area contributed by atoms with Gasteiger partial charge in [0.1, 0.15) is 48.8 Å². The first-order chi connectivity index (χ1) is 31.7. The van der Waals surface area contributed by atoms with E-state index in [1.807, 2.05) is 41.2 Å². The summed E-state index contributed by atoms with van der Waals surface area (Å²) in [5.41, 5.74) is 14.9. The smallest absolute Gasteiger partial charge is 0.407 e. The second kappa shape index (κ2) is 30.1. The first-order valence-electron chi connectivity index (χ1n) is 22.2. The highest BCUT2D eigenvalue weighted by atomic mass is 16.6. The number of amides is 5. The van der Waals surface area contributed by atoms with Crippen LogP contribution in [0.3, 0.4) is 0 Å². The molecule has 23 nitrogen and oxygen atoms in total. The van der Waals surface area contributed by atoms with Crippen LogP contribution in [0, 0.1) is 5.92 Å². The molecule has 2 atom stereocenters. The average Bonchev–Trinajstić information content (AvgIpc) is 3.64. The molecule has 11 N–H and O–H groups in total. The molecular weight excluding hydrogens is 863 g/mol. The van der Waals surface area contributed by atoms with Crippen molar-refractivity contribution in [1.82, 2.24) is 41.2 Å². The number of unbranched alkanes of at least 4 members (excludes halogenated alkanes) is 1. The van der Waals surface area contributed by atoms with Gasteiger partial charge < -0.3 is 70.5 Å². The van der Waals surface area contributed by atoms with Crippen molar-refractivity contribution in [1.29, 1.82) is 0 Å². The molecule has 23 heteroatoms. The van der Waals surface area contributed by atoms with Crippen molar-refractivity contribution < 1.29 is 57.1 Å². The van der Waals surface area contributed by atoms with E-state index < -0.39 is 47.4 Å². The number of fused-ring (bicyclic) bond motifs is 3. The number of carbonyl (C=O) groups is 5. The fourth-order valence-electron chi connectivity index (χ4n) is 6.47. The van der Waals surface area contributed by atoms with Gasteiger partial charge in [-0.05, 0) is 58.6 Å². The summed E-state index contributed by atoms with van der Waals surface area (Å²) in [5, 5.41) is 11.8. The summed E-state index contributed by atoms with van der Waals surface area (Å²) in [5.74, 6) is 3.61. The summed E-state index contributed by atoms with van der Waals surface area (Å²) < 4.78 is 40.2. The lowest BCUT2D eigenvalue weighted by molar-refractivity contribution is -0.134. The van der Waals surface area contributed by atoms with Crippen LogP contribution in [0.15, 0.2) is 24.3 Å². The number of anilines is 1. The molecule has 2 aromatic heterocycles. The van der Waals surface area contributed by atoms with Crippen LogP contribution in [0.1, 0.15) is 59.7 Å². The Bertz CT molecular complexity index is 1970. The molecule has 0 aliphatic carbocycles. The monoisotopic (exact) mass is 934 g/mol. The molecule has 5 amide bonds. The summed E-state index contributed by atoms with van der Waals surface area (Å²) in [6.45, 7) is 12.2. The molecule has 0 unspecified atom stereocenters. The van der Waals surface area contributed by atoms with Crippen LogP contribution < -0.4 is 44.0 Å². The van der Waals surface area contributed by atoms with Gasteiger partial charge in [-0.3, -0.25) is 24.6 Å². The third kappa shape index (κ3) is 19.7. The van der Waals surface area contributed by atoms with Gasteiger partial charge in [0.25, 0.3) is 5.91 Å². The van der Waals surface area contributed by atoms with Gasteiger partial charge in [-0.15, -0.1) is 0 Å². The van der Waals surface area contributed by atoms with Crippen LogP contribution in [0.4, 0.5) is 10.6 Å². The predicted octanol–water partition coefficient (Wildman–Crippen LogP) is 0.152. The van der Waals surface area contributed by atoms with Crippen LogP contribution in [-0.4, -0.2) is 154 Å². The van der Waals surface area contributed by atoms with Gasteiger partial charge in [0.05, 0.1) is 70.4 Å². The van der Waals surface area contributed by atoms with E-state index in [1.54, 1.807) is 27.7 Å². The topological polar surface area (TPSA) is 319 Å². The van der Waals surface area contributed by atoms with Crippen molar-refractivity contribution in [2.75, 3.05) is 98.0 Å². The lowest BCUT2D eigenvalue weighted by Crippen LogP contribution is -2.56. The lowest BCUT2D eigenvalue weighted by atomic mass is 10.0. The number of para-hydroxylation sites is 1. The van der Waals surface area contributed by atoms with Crippen molar-refractivity contribution in [2.45, 2.75) is 84.7 Å². The van der Waals surface area contributed by atoms with E-state index in [4.69, 9.17) is 55.5 Å². The Hall–Kier alpha value is -5.27. The molecule has 0 radical (unpaired) electrons. The van der Waals surface area contributed by atoms with Crippen LogP contribution >= 0.6 is 0 Å². The van der Waals surface area contributed by atoms with Crippen molar-refractivity contribution in [3.63, 3.8) is 0 Å². The molecule has 2 heterocycles. The number of benzene rings is 1. The Morgan fingerprint density at radius 1 is 0.773 bits per heavy atom. The molecule has 66 heavy (non-hydrogen) atoms. The number of nitrogens with zero attached hydrogens (tertiary/aromatic N) is 3. The van der Waals surface area contributed by atoms with Crippen molar-refractivity contribution >= 4 is 57.5 Å². The zero-order valence-electron chi connectivity index (χ0n) is 38.9. The normalized spacial score (nSPS) is 12.5. The maximum Gasteiger partial charge on any atom is 0.407 e. The van der Waals surface area contributed by atoms with E-state index in [0.717, 1.165) is 10.9 Å². The van der Waals surface area contributed by atoms with Crippen molar-refractivity contribution in [3.8, 4) is 0 Å². The number of hydrogen-bond donors (Lipinski definition) is 8. The molecule has 0 saturated carbocycles. The maximum atomic E-state index is 13.5. The fraction of sp³-hybridized carbons (Fsp3) is 0.651. The average molecular weight is 934 g/mol. The fourth-order valence-corrected chi connectivity index (χ4v) is 6.47. The van der Waals surface area contributed by atoms with Gasteiger partial charge in [-0.2, -0.15) is 0 Å². The van der Waals surface area contributed by atoms with Crippen LogP contribution in [-0.2, 0) is 65.5 Å². The second-order valence-corrected chi connectivity index (χ2v) is 16.0. The van der Waals surface area contributed by atoms with E-state index in [9.17, 15) is 24.0 Å². The molecule has 0 spiro atoms. The van der Waals surface area contributed by atoms with Gasteiger partial charge in [-0.1, -0.05) is 32.0 Å². The number of nitrogens with two attached hydrogens (primary N) is 3. The Balaban J connectivity index is 1.41. The number of ether oxygens (including phenoxy) is 7. The molecule has 0 aliphatic heterocycles. The molecule has 0 bridgehead atoms. The van der Waals surface area contributed by atoms with Crippen molar-refractivity contribution in [3.05, 3.63) is 30.1 Å². The highest BCUT2D eigenvalue weighted by Crippen LogP contribution is 2.30. The minimum absolute atomic E-state index is 0.0392. The number of carbonyl (C=O) groups excluding carboxylic acids is 5. The van der Waals surface area contributed by atoms with E-state index in [0.29, 0.717) is 82.3 Å². The second-order valence-electron chi connectivity index (χ2n) is 16.0. The summed E-state index contributed by atoms with van der Waals surface area (Å²) >= 11 is 0. The SMILES string of the molecule is CCOCc1nc2c(N)nc3ccccc3c2n1CC(C)(C)OC(=O)NCCNC(=O)[C@H](CCCCN)NC(=O)[C@@H](NC(=O)COCCOCCOCCOCCOCC(=O)NN)C(C)C. The van der Waals surface area contributed by atoms with E-state index in [2.05, 4.69) is 26.3 Å². The summed E-state index contributed by atoms with van der Waals surface area (Å²) in [6, 6.07) is 5.72. The molecular formula is C43H71N11O12. The Kier molecular flexibility index (Phi) is 25.1. The number of pyridine rings is 1. The Morgan fingerprint density at radius 2 is 1.38 bits per heavy atom. The largest absolute Gasteiger partial charge is 0.442 e. The number of nitrogens with one attached hydrogen (secondary N) is 5. The van der Waals surface area contributed by atoms with Crippen molar-refractivity contribution in [2.24, 2.45) is 17.5 Å². The number of alkyl carbamates (subject to hydrolysis) is 1. The number of hydrazine groups is 1. The van der Waals surface area contributed by atoms with E-state index >= 15 is 0 Å². The van der Waals surface area contributed by atoms with Gasteiger partial charge in [0.15, 0.2) is 5.82 Å². The number of imidazole rings is 1. The number of hydrogen-bond acceptors (Lipinski definition) is 17. The minimum atomic E-state index is -1.02. The quantitative estimate of drug-likeness (QED) is 0.0171. The van der Waals surface area contributed by atoms with Crippen LogP contribution in [0.5, 0.6) is 0 Å². The number of nitrogen functional groups attached to an aromatic ring is 1. The predicted molar refractivity (Wildman–Crippen MR) is 244 cm³/mol. The summed E-state index contributed by atoms with van der Waals surface area (Å²) in [6.07, 6.45) is 0.807. The highest BCUT2D eigenvalue weighted by molar-refractivity contribution is 6.06. The Labute approximate surface area is 385 Å². The molecule has 3 aromatic rings. The molecule has 0 fully saturated rings. The molecule has 1 aromatic carbocycles. The van der Waals surface area contributed by atoms with Gasteiger partial charge in [0.2, 0.25) is 17.7 Å². The number of aromatic nitrogens is 3. The van der Waals surface area contributed by atoms with Gasteiger partial charge >= 0.3 is 6.09 Å². The van der Waals surface area contributed by atoms with Crippen LogP contribution in [0.2, 0.25) is 0 Å². The third-order valence-electron chi connectivity index (χ3n) is 9.69. The third-order valence-corrected chi connectivity index (χ3v) is 9.69. The molecule has 370 valence electrons. The zero-order chi connectivity index (χ0) is 48.3. The molecule has 0 aliphatic rings. The summed E-state index contributed by atoms with van der Waals surface area (Å²) in [4.78, 5) is 72.8. The summed E-state index contributed by atoms with van der Waals surface area (Å²) in [7, 11) is 0. The number of rotatable bonds is 34. The van der Waals surface area contributed by atoms with E-state index in [1.165, 1.54) is 0 Å². The highest BCUT2D eigenvalue weighted by Gasteiger charge is 2.30. The van der Waals surface area contributed by atoms with Gasteiger partial charge in [0, 0.05) is 25.1 Å². The van der Waals surface area contributed by atoms with E-state index in [-0.39, 0.29) is 71.0 Å². The standard InChI is InChI=1S/C43H71N11O12/c1-6-60-25-33-51-37-38(30-11-7-8-12-31(30)49-39(37)45)54(33)28-43(4,5)66-42(59)48-16-15-47-40(57)32(13-9-10-14-44)50-41(58)36(29(2)3)52-34(55)26-64-23-21-62-19-17-61-18-20-63-22-24-65-27-35(56)53-46/h7-8,11-12,29,32,36H,6,9-10,13-28,44,46H2,1-5H3,(H2,45,49)(H,47,57)(H,48,59)(H,50,58)(H,52,55)(H,53,56)/t32-,36-/m0/s1.